The van der Waals surface area contributed by atoms with Crippen LogP contribution in [-0.4, -0.2) is 50.7 Å². The van der Waals surface area contributed by atoms with Crippen molar-refractivity contribution in [3.63, 3.8) is 0 Å². The molecule has 11 nitrogen and oxygen atoms in total. The molecule has 6 N–H and O–H groups in total. The molecule has 3 rings (SSSR count). The van der Waals surface area contributed by atoms with Gasteiger partial charge in [-0.25, -0.2) is 4.79 Å². The molecule has 0 saturated heterocycles. The number of nitro benzene ring substituents is 1. The van der Waals surface area contributed by atoms with Gasteiger partial charge in [0.05, 0.1) is 26.9 Å². The molecule has 0 spiro atoms. The molecule has 0 heterocycles. The molecule has 0 aliphatic rings. The van der Waals surface area contributed by atoms with E-state index in [0.29, 0.717) is 5.75 Å². The molecule has 13 heteroatoms. The number of nitrogens with zero attached hydrogens (tertiary/aromatic N) is 3. The zero-order chi connectivity index (χ0) is 22.7. The molecule has 0 saturated carbocycles. The van der Waals surface area contributed by atoms with Crippen LogP contribution in [0, 0.1) is 10.1 Å². The minimum atomic E-state index is -1.08. The molecule has 0 fully saturated rings. The van der Waals surface area contributed by atoms with Crippen molar-refractivity contribution in [1.29, 1.82) is 0 Å². The Kier molecular flexibility index (Phi) is 8.00. The Hall–Kier alpha value is -3.38. The quantitative estimate of drug-likeness (QED) is 0.133. The first kappa shape index (κ1) is 24.9. The molecule has 3 aromatic carbocycles. The number of aromatic carboxylic acids is 1. The first-order valence-corrected chi connectivity index (χ1v) is 8.82. The molecular weight excluding hydrogens is 453 g/mol. The van der Waals surface area contributed by atoms with Gasteiger partial charge in [-0.2, -0.15) is 0 Å². The van der Waals surface area contributed by atoms with Gasteiger partial charge in [-0.05, 0) is 30.3 Å². The maximum absolute atomic E-state index is 11.0. The number of benzene rings is 3. The van der Waals surface area contributed by atoms with Crippen LogP contribution in [0.2, 0.25) is 5.02 Å². The number of carboxylic acid groups (broad SMARTS) is 1. The van der Waals surface area contributed by atoms with Crippen molar-refractivity contribution >= 4 is 75.6 Å². The average Bonchev–Trinajstić information content (AvgIpc) is 2.72. The first-order valence-electron chi connectivity index (χ1n) is 8.44. The maximum atomic E-state index is 11.0. The van der Waals surface area contributed by atoms with Gasteiger partial charge < -0.3 is 26.4 Å². The van der Waals surface area contributed by atoms with Crippen LogP contribution in [0.25, 0.3) is 0 Å². The number of aromatic hydroxyl groups is 1. The van der Waals surface area contributed by atoms with Crippen LogP contribution in [0.3, 0.4) is 0 Å². The number of nitro groups is 1. The van der Waals surface area contributed by atoms with Crippen molar-refractivity contribution in [2.24, 2.45) is 10.2 Å². The van der Waals surface area contributed by atoms with E-state index in [4.69, 9.17) is 32.9 Å². The van der Waals surface area contributed by atoms with Gasteiger partial charge in [-0.1, -0.05) is 11.6 Å². The molecule has 0 atom stereocenters. The third kappa shape index (κ3) is 5.65. The van der Waals surface area contributed by atoms with Gasteiger partial charge in [0, 0.05) is 47.8 Å². The Labute approximate surface area is 207 Å². The Morgan fingerprint density at radius 1 is 1.03 bits per heavy atom. The number of phenolic OH excluding ortho intramolecular Hbond substituents is 1. The summed E-state index contributed by atoms with van der Waals surface area (Å²) in [5.41, 5.74) is 11.7. The SMILES string of the molecule is Nc1cc(N)c(Oc2ccc(C(=O)O)cc2)cc1N=Nc1cc([N+](=O)[O-])cc(Cl)c1O.[Na]. The van der Waals surface area contributed by atoms with E-state index in [0.717, 1.165) is 12.1 Å². The number of hydrogen-bond donors (Lipinski definition) is 4. The number of nitrogens with two attached hydrogens (primary N) is 2. The number of carbonyl (C=O) groups is 1. The largest absolute Gasteiger partial charge is 0.504 e. The summed E-state index contributed by atoms with van der Waals surface area (Å²) in [4.78, 5) is 21.2. The van der Waals surface area contributed by atoms with Gasteiger partial charge in [-0.3, -0.25) is 10.1 Å². The smallest absolute Gasteiger partial charge is 0.335 e. The van der Waals surface area contributed by atoms with Crippen LogP contribution >= 0.6 is 11.6 Å². The summed E-state index contributed by atoms with van der Waals surface area (Å²) in [7, 11) is 0. The number of carboxylic acids is 1. The zero-order valence-corrected chi connectivity index (χ0v) is 19.3. The molecule has 0 aliphatic heterocycles. The molecule has 3 aromatic rings. The summed E-state index contributed by atoms with van der Waals surface area (Å²) < 4.78 is 5.65. The van der Waals surface area contributed by atoms with E-state index in [1.807, 2.05) is 0 Å². The van der Waals surface area contributed by atoms with E-state index in [1.54, 1.807) is 0 Å². The van der Waals surface area contributed by atoms with Crippen LogP contribution in [0.4, 0.5) is 28.4 Å². The Morgan fingerprint density at radius 3 is 2.25 bits per heavy atom. The van der Waals surface area contributed by atoms with Crippen LogP contribution < -0.4 is 16.2 Å². The summed E-state index contributed by atoms with van der Waals surface area (Å²) >= 11 is 5.79. The Bertz CT molecular complexity index is 1220. The van der Waals surface area contributed by atoms with Crippen molar-refractivity contribution in [2.45, 2.75) is 0 Å². The predicted molar refractivity (Wildman–Crippen MR) is 118 cm³/mol. The summed E-state index contributed by atoms with van der Waals surface area (Å²) in [6, 6.07) is 10.3. The standard InChI is InChI=1S/C19H14ClN5O6.Na/c20-12-5-10(25(29)30)6-16(18(12)26)24-23-15-8-17(14(22)7-13(15)21)31-11-3-1-9(2-4-11)19(27)28;/h1-8,26H,21-22H2,(H,27,28);. The van der Waals surface area contributed by atoms with Crippen LogP contribution in [0.5, 0.6) is 17.2 Å². The number of nitrogen functional groups attached to an aromatic ring is 2. The number of phenols is 1. The number of anilines is 2. The number of ether oxygens (including phenoxy) is 1. The van der Waals surface area contributed by atoms with Crippen molar-refractivity contribution in [3.8, 4) is 17.2 Å². The maximum Gasteiger partial charge on any atom is 0.335 e. The third-order valence-corrected chi connectivity index (χ3v) is 4.28. The summed E-state index contributed by atoms with van der Waals surface area (Å²) in [5, 5.41) is 37.3. The first-order chi connectivity index (χ1) is 14.7. The van der Waals surface area contributed by atoms with Gasteiger partial charge in [0.2, 0.25) is 0 Å². The molecular formula is C19H14ClN5NaO6. The van der Waals surface area contributed by atoms with Crippen molar-refractivity contribution in [1.82, 2.24) is 0 Å². The van der Waals surface area contributed by atoms with Gasteiger partial charge >= 0.3 is 5.97 Å². The molecule has 0 bridgehead atoms. The van der Waals surface area contributed by atoms with Gasteiger partial charge in [0.25, 0.3) is 5.69 Å². The minimum absolute atomic E-state index is 0. The fourth-order valence-electron chi connectivity index (χ4n) is 2.43. The van der Waals surface area contributed by atoms with Crippen LogP contribution in [0.15, 0.2) is 58.8 Å². The average molecular weight is 467 g/mol. The predicted octanol–water partition coefficient (Wildman–Crippen LogP) is 4.64. The topological polar surface area (TPSA) is 187 Å². The second-order valence-corrected chi connectivity index (χ2v) is 6.54. The fraction of sp³-hybridized carbons (Fsp3) is 0. The monoisotopic (exact) mass is 466 g/mol. The number of hydrogen-bond acceptors (Lipinski definition) is 9. The zero-order valence-electron chi connectivity index (χ0n) is 16.5. The van der Waals surface area contributed by atoms with Crippen LogP contribution in [-0.2, 0) is 0 Å². The Morgan fingerprint density at radius 2 is 1.66 bits per heavy atom. The van der Waals surface area contributed by atoms with E-state index >= 15 is 0 Å². The molecule has 0 aliphatic carbocycles. The van der Waals surface area contributed by atoms with Gasteiger partial charge in [-0.15, -0.1) is 10.2 Å². The number of non-ortho nitro benzene ring substituents is 1. The molecule has 32 heavy (non-hydrogen) atoms. The van der Waals surface area contributed by atoms with Gasteiger partial charge in [0.1, 0.15) is 17.1 Å². The van der Waals surface area contributed by atoms with E-state index in [1.165, 1.54) is 36.4 Å². The molecule has 0 unspecified atom stereocenters. The Balaban J connectivity index is 0.00000363. The molecule has 1 radical (unpaired) electrons. The fourth-order valence-corrected chi connectivity index (χ4v) is 2.64. The molecule has 0 amide bonds. The molecule has 0 aromatic heterocycles. The third-order valence-electron chi connectivity index (χ3n) is 3.99. The van der Waals surface area contributed by atoms with Crippen LogP contribution in [0.1, 0.15) is 10.4 Å². The van der Waals surface area contributed by atoms with Crippen molar-refractivity contribution < 1.29 is 24.7 Å². The van der Waals surface area contributed by atoms with Gasteiger partial charge in [0.15, 0.2) is 11.5 Å². The number of rotatable bonds is 6. The van der Waals surface area contributed by atoms with E-state index in [2.05, 4.69) is 10.2 Å². The minimum Gasteiger partial charge on any atom is -0.504 e. The number of azo groups is 1. The second kappa shape index (κ2) is 10.3. The summed E-state index contributed by atoms with van der Waals surface area (Å²) in [5.74, 6) is -1.09. The van der Waals surface area contributed by atoms with Crippen molar-refractivity contribution in [3.05, 3.63) is 69.2 Å². The summed E-state index contributed by atoms with van der Waals surface area (Å²) in [6.07, 6.45) is 0. The second-order valence-electron chi connectivity index (χ2n) is 6.13. The normalized spacial score (nSPS) is 10.5. The van der Waals surface area contributed by atoms with Crippen molar-refractivity contribution in [2.75, 3.05) is 11.5 Å². The van der Waals surface area contributed by atoms with E-state index in [9.17, 15) is 20.0 Å². The van der Waals surface area contributed by atoms with E-state index < -0.39 is 16.6 Å². The summed E-state index contributed by atoms with van der Waals surface area (Å²) in [6.45, 7) is 0. The molecule has 159 valence electrons. The van der Waals surface area contributed by atoms with E-state index in [-0.39, 0.29) is 74.3 Å². The number of halogens is 1.